The van der Waals surface area contributed by atoms with Gasteiger partial charge >= 0.3 is 11.9 Å². The number of aromatic nitrogens is 1. The van der Waals surface area contributed by atoms with Crippen molar-refractivity contribution in [3.63, 3.8) is 0 Å². The van der Waals surface area contributed by atoms with Gasteiger partial charge in [-0.05, 0) is 41.3 Å². The lowest BCUT2D eigenvalue weighted by Gasteiger charge is -2.37. The Morgan fingerprint density at radius 3 is 2.31 bits per heavy atom. The van der Waals surface area contributed by atoms with Gasteiger partial charge in [-0.15, -0.1) is 0 Å². The summed E-state index contributed by atoms with van der Waals surface area (Å²) in [7, 11) is 6.28. The minimum absolute atomic E-state index is 0.126. The summed E-state index contributed by atoms with van der Waals surface area (Å²) in [4.78, 5) is 28.8. The molecule has 7 nitrogen and oxygen atoms in total. The van der Waals surface area contributed by atoms with Gasteiger partial charge in [0, 0.05) is 36.7 Å². The molecule has 2 unspecified atom stereocenters. The minimum Gasteiger partial charge on any atom is -0.497 e. The fourth-order valence-electron chi connectivity index (χ4n) is 5.70. The van der Waals surface area contributed by atoms with Crippen LogP contribution in [0.4, 0.5) is 0 Å². The molecule has 0 radical (unpaired) electrons. The Kier molecular flexibility index (Phi) is 4.74. The summed E-state index contributed by atoms with van der Waals surface area (Å²) in [6.07, 6.45) is 2.34. The lowest BCUT2D eigenvalue weighted by molar-refractivity contribution is -0.171. The SMILES string of the molecule is COC(=O)C1(C(=O)OC)CC2c3cccc4c3c(cn4C)C1N2Cc1ccc(OC)cc1. The molecule has 5 rings (SSSR count). The first-order valence-electron chi connectivity index (χ1n) is 10.6. The van der Waals surface area contributed by atoms with E-state index in [2.05, 4.69) is 21.6 Å². The van der Waals surface area contributed by atoms with Crippen molar-refractivity contribution in [1.82, 2.24) is 9.47 Å². The molecule has 166 valence electrons. The Morgan fingerprint density at radius 2 is 1.69 bits per heavy atom. The molecular weight excluding hydrogens is 408 g/mol. The quantitative estimate of drug-likeness (QED) is 0.452. The average Bonchev–Trinajstić information content (AvgIpc) is 3.29. The van der Waals surface area contributed by atoms with Crippen LogP contribution in [0.5, 0.6) is 5.75 Å². The van der Waals surface area contributed by atoms with Gasteiger partial charge < -0.3 is 18.8 Å². The zero-order valence-electron chi connectivity index (χ0n) is 18.6. The second kappa shape index (κ2) is 7.38. The lowest BCUT2D eigenvalue weighted by Crippen LogP contribution is -2.46. The standard InChI is InChI=1S/C25H26N2O5/c1-26-14-18-21-17(6-5-7-19(21)26)20-12-25(23(28)31-3,24(29)32-4)22(18)27(20)13-15-8-10-16(30-2)11-9-15/h5-11,14,20,22H,12-13H2,1-4H3. The van der Waals surface area contributed by atoms with Gasteiger partial charge in [-0.3, -0.25) is 14.5 Å². The van der Waals surface area contributed by atoms with Crippen LogP contribution in [0, 0.1) is 5.41 Å². The van der Waals surface area contributed by atoms with E-state index in [1.807, 2.05) is 43.6 Å². The Hall–Kier alpha value is -3.32. The lowest BCUT2D eigenvalue weighted by atomic mass is 9.77. The molecule has 0 spiro atoms. The summed E-state index contributed by atoms with van der Waals surface area (Å²) in [5.74, 6) is -0.327. The fraction of sp³-hybridized carbons (Fsp3) is 0.360. The molecule has 2 bridgehead atoms. The van der Waals surface area contributed by atoms with E-state index in [0.717, 1.165) is 33.3 Å². The number of carbonyl (C=O) groups is 2. The first-order valence-corrected chi connectivity index (χ1v) is 10.6. The Balaban J connectivity index is 1.71. The van der Waals surface area contributed by atoms with Crippen LogP contribution in [0.2, 0.25) is 0 Å². The largest absolute Gasteiger partial charge is 0.497 e. The number of carbonyl (C=O) groups excluding carboxylic acids is 2. The van der Waals surface area contributed by atoms with Crippen LogP contribution in [0.15, 0.2) is 48.7 Å². The van der Waals surface area contributed by atoms with Gasteiger partial charge in [-0.25, -0.2) is 0 Å². The molecular formula is C25H26N2O5. The van der Waals surface area contributed by atoms with Gasteiger partial charge in [-0.1, -0.05) is 24.3 Å². The number of nitrogens with zero attached hydrogens (tertiary/aromatic N) is 2. The summed E-state index contributed by atoms with van der Waals surface area (Å²) in [6, 6.07) is 13.4. The van der Waals surface area contributed by atoms with Gasteiger partial charge in [0.2, 0.25) is 0 Å². The molecule has 2 atom stereocenters. The third kappa shape index (κ3) is 2.64. The monoisotopic (exact) mass is 434 g/mol. The van der Waals surface area contributed by atoms with Crippen LogP contribution < -0.4 is 4.74 Å². The number of esters is 2. The normalized spacial score (nSPS) is 20.9. The number of rotatable bonds is 5. The van der Waals surface area contributed by atoms with E-state index < -0.39 is 23.4 Å². The molecule has 2 aliphatic rings. The predicted molar refractivity (Wildman–Crippen MR) is 118 cm³/mol. The molecule has 1 saturated heterocycles. The second-order valence-electron chi connectivity index (χ2n) is 8.53. The van der Waals surface area contributed by atoms with E-state index in [1.54, 1.807) is 7.11 Å². The summed E-state index contributed by atoms with van der Waals surface area (Å²) in [5.41, 5.74) is 2.79. The van der Waals surface area contributed by atoms with E-state index in [-0.39, 0.29) is 6.04 Å². The maximum Gasteiger partial charge on any atom is 0.325 e. The zero-order valence-corrected chi connectivity index (χ0v) is 18.6. The van der Waals surface area contributed by atoms with Crippen molar-refractivity contribution in [2.45, 2.75) is 25.0 Å². The molecule has 0 saturated carbocycles. The van der Waals surface area contributed by atoms with Crippen molar-refractivity contribution in [3.05, 3.63) is 65.4 Å². The molecule has 1 aromatic heterocycles. The van der Waals surface area contributed by atoms with Crippen molar-refractivity contribution >= 4 is 22.8 Å². The number of fused-ring (bicyclic) bond motifs is 4. The third-order valence-electron chi connectivity index (χ3n) is 7.07. The maximum atomic E-state index is 13.3. The van der Waals surface area contributed by atoms with Crippen LogP contribution >= 0.6 is 0 Å². The topological polar surface area (TPSA) is 70.0 Å². The van der Waals surface area contributed by atoms with Gasteiger partial charge in [0.05, 0.1) is 27.4 Å². The Bertz CT molecular complexity index is 1200. The Labute approximate surface area is 186 Å². The van der Waals surface area contributed by atoms with E-state index in [9.17, 15) is 9.59 Å². The number of hydrogen-bond donors (Lipinski definition) is 0. The first-order chi connectivity index (χ1) is 15.5. The Morgan fingerprint density at radius 1 is 1.00 bits per heavy atom. The van der Waals surface area contributed by atoms with Gasteiger partial charge in [0.1, 0.15) is 5.75 Å². The van der Waals surface area contributed by atoms with E-state index in [1.165, 1.54) is 14.2 Å². The minimum atomic E-state index is -1.44. The van der Waals surface area contributed by atoms with Crippen LogP contribution in [0.25, 0.3) is 10.9 Å². The molecule has 3 heterocycles. The number of aryl methyl sites for hydroxylation is 1. The molecule has 1 fully saturated rings. The molecule has 0 amide bonds. The molecule has 2 aromatic carbocycles. The van der Waals surface area contributed by atoms with Crippen LogP contribution in [0.3, 0.4) is 0 Å². The summed E-state index contributed by atoms with van der Waals surface area (Å²) >= 11 is 0. The number of benzene rings is 2. The van der Waals surface area contributed by atoms with Gasteiger partial charge in [-0.2, -0.15) is 0 Å². The predicted octanol–water partition coefficient (Wildman–Crippen LogP) is 3.52. The van der Waals surface area contributed by atoms with Crippen molar-refractivity contribution in [2.75, 3.05) is 21.3 Å². The van der Waals surface area contributed by atoms with E-state index in [0.29, 0.717) is 13.0 Å². The highest BCUT2D eigenvalue weighted by Crippen LogP contribution is 2.62. The van der Waals surface area contributed by atoms with Crippen LogP contribution in [-0.4, -0.2) is 42.7 Å². The highest BCUT2D eigenvalue weighted by Gasteiger charge is 2.66. The van der Waals surface area contributed by atoms with Crippen LogP contribution in [-0.2, 0) is 32.7 Å². The summed E-state index contributed by atoms with van der Waals surface area (Å²) < 4.78 is 17.8. The second-order valence-corrected chi connectivity index (χ2v) is 8.53. The number of methoxy groups -OCH3 is 3. The summed E-state index contributed by atoms with van der Waals surface area (Å²) in [5, 5.41) is 1.12. The van der Waals surface area contributed by atoms with Gasteiger partial charge in [0.15, 0.2) is 5.41 Å². The highest BCUT2D eigenvalue weighted by atomic mass is 16.5. The maximum absolute atomic E-state index is 13.3. The third-order valence-corrected chi connectivity index (χ3v) is 7.07. The molecule has 2 aliphatic heterocycles. The molecule has 3 aromatic rings. The highest BCUT2D eigenvalue weighted by molar-refractivity contribution is 6.04. The summed E-state index contributed by atoms with van der Waals surface area (Å²) in [6.45, 7) is 0.569. The number of hydrogen-bond acceptors (Lipinski definition) is 6. The van der Waals surface area contributed by atoms with Crippen molar-refractivity contribution in [2.24, 2.45) is 12.5 Å². The fourth-order valence-corrected chi connectivity index (χ4v) is 5.70. The van der Waals surface area contributed by atoms with Gasteiger partial charge in [0.25, 0.3) is 0 Å². The van der Waals surface area contributed by atoms with E-state index in [4.69, 9.17) is 14.2 Å². The molecule has 0 N–H and O–H groups in total. The first kappa shape index (κ1) is 20.6. The molecule has 7 heteroatoms. The van der Waals surface area contributed by atoms with Crippen molar-refractivity contribution < 1.29 is 23.8 Å². The number of ether oxygens (including phenoxy) is 3. The smallest absolute Gasteiger partial charge is 0.325 e. The van der Waals surface area contributed by atoms with Crippen molar-refractivity contribution in [1.29, 1.82) is 0 Å². The van der Waals surface area contributed by atoms with Crippen LogP contribution in [0.1, 0.15) is 35.2 Å². The zero-order chi connectivity index (χ0) is 22.6. The van der Waals surface area contributed by atoms with E-state index >= 15 is 0 Å². The molecule has 0 aliphatic carbocycles. The average molecular weight is 434 g/mol. The van der Waals surface area contributed by atoms with Crippen molar-refractivity contribution in [3.8, 4) is 5.75 Å². The molecule has 32 heavy (non-hydrogen) atoms.